The molecule has 1 unspecified atom stereocenters. The molecule has 2 aromatic rings. The minimum Gasteiger partial charge on any atom is -0.396 e. The highest BCUT2D eigenvalue weighted by molar-refractivity contribution is 7.16. The van der Waals surface area contributed by atoms with Crippen LogP contribution in [-0.4, -0.2) is 39.2 Å². The molecule has 1 atom stereocenters. The van der Waals surface area contributed by atoms with Crippen molar-refractivity contribution < 1.29 is 5.11 Å². The Kier molecular flexibility index (Phi) is 4.51. The normalized spacial score (nSPS) is 20.6. The SMILES string of the molecule is OCCC1CCCCN1Cc1nc(Cl)c2ccsc2n1. The number of aromatic nitrogens is 2. The lowest BCUT2D eigenvalue weighted by Crippen LogP contribution is -2.39. The Morgan fingerprint density at radius 1 is 1.40 bits per heavy atom. The van der Waals surface area contributed by atoms with Crippen molar-refractivity contribution in [1.82, 2.24) is 14.9 Å². The number of aliphatic hydroxyl groups is 1. The highest BCUT2D eigenvalue weighted by atomic mass is 35.5. The number of thiophene rings is 1. The van der Waals surface area contributed by atoms with Crippen LogP contribution in [0.2, 0.25) is 5.15 Å². The lowest BCUT2D eigenvalue weighted by Gasteiger charge is -2.34. The molecule has 3 heterocycles. The molecule has 1 aliphatic heterocycles. The zero-order valence-corrected chi connectivity index (χ0v) is 12.8. The van der Waals surface area contributed by atoms with Crippen molar-refractivity contribution in [3.8, 4) is 0 Å². The number of hydrogen-bond acceptors (Lipinski definition) is 5. The summed E-state index contributed by atoms with van der Waals surface area (Å²) in [5.74, 6) is 0.787. The number of rotatable bonds is 4. The van der Waals surface area contributed by atoms with Gasteiger partial charge in [-0.2, -0.15) is 0 Å². The fourth-order valence-corrected chi connectivity index (χ4v) is 3.95. The van der Waals surface area contributed by atoms with Gasteiger partial charge in [0, 0.05) is 18.0 Å². The van der Waals surface area contributed by atoms with E-state index in [0.717, 1.165) is 42.0 Å². The summed E-state index contributed by atoms with van der Waals surface area (Å²) < 4.78 is 0. The van der Waals surface area contributed by atoms with E-state index in [4.69, 9.17) is 11.6 Å². The van der Waals surface area contributed by atoms with Crippen LogP contribution in [-0.2, 0) is 6.54 Å². The highest BCUT2D eigenvalue weighted by Crippen LogP contribution is 2.26. The van der Waals surface area contributed by atoms with Crippen LogP contribution >= 0.6 is 22.9 Å². The molecule has 20 heavy (non-hydrogen) atoms. The van der Waals surface area contributed by atoms with Gasteiger partial charge in [-0.1, -0.05) is 18.0 Å². The molecule has 1 fully saturated rings. The first-order chi connectivity index (χ1) is 9.78. The summed E-state index contributed by atoms with van der Waals surface area (Å²) >= 11 is 7.81. The van der Waals surface area contributed by atoms with E-state index in [2.05, 4.69) is 14.9 Å². The first kappa shape index (κ1) is 14.2. The number of fused-ring (bicyclic) bond motifs is 1. The molecule has 0 saturated carbocycles. The summed E-state index contributed by atoms with van der Waals surface area (Å²) in [5.41, 5.74) is 0. The largest absolute Gasteiger partial charge is 0.396 e. The molecule has 0 aromatic carbocycles. The van der Waals surface area contributed by atoms with Gasteiger partial charge in [-0.05, 0) is 37.3 Å². The minimum absolute atomic E-state index is 0.243. The van der Waals surface area contributed by atoms with Gasteiger partial charge in [0.25, 0.3) is 0 Å². The van der Waals surface area contributed by atoms with Crippen LogP contribution in [0.5, 0.6) is 0 Å². The Hall–Kier alpha value is -0.750. The molecular weight excluding hydrogens is 294 g/mol. The molecule has 4 nitrogen and oxygen atoms in total. The third-order valence-corrected chi connectivity index (χ3v) is 4.98. The summed E-state index contributed by atoms with van der Waals surface area (Å²) in [6.45, 7) is 2.01. The quantitative estimate of drug-likeness (QED) is 0.882. The average molecular weight is 312 g/mol. The average Bonchev–Trinajstić information content (AvgIpc) is 2.90. The molecule has 108 valence electrons. The molecule has 0 aliphatic carbocycles. The van der Waals surface area contributed by atoms with Crippen LogP contribution in [0.15, 0.2) is 11.4 Å². The second kappa shape index (κ2) is 6.35. The van der Waals surface area contributed by atoms with E-state index in [0.29, 0.717) is 11.2 Å². The lowest BCUT2D eigenvalue weighted by molar-refractivity contribution is 0.110. The first-order valence-corrected chi connectivity index (χ1v) is 8.28. The Labute approximate surface area is 127 Å². The van der Waals surface area contributed by atoms with E-state index in [1.165, 1.54) is 12.8 Å². The van der Waals surface area contributed by atoms with E-state index in [1.807, 2.05) is 11.4 Å². The molecule has 6 heteroatoms. The lowest BCUT2D eigenvalue weighted by atomic mass is 10.00. The zero-order chi connectivity index (χ0) is 13.9. The van der Waals surface area contributed by atoms with Gasteiger partial charge in [-0.25, -0.2) is 9.97 Å². The fourth-order valence-electron chi connectivity index (χ4n) is 2.86. The van der Waals surface area contributed by atoms with Gasteiger partial charge in [-0.3, -0.25) is 4.90 Å². The third-order valence-electron chi connectivity index (χ3n) is 3.88. The van der Waals surface area contributed by atoms with Gasteiger partial charge >= 0.3 is 0 Å². The van der Waals surface area contributed by atoms with Crippen molar-refractivity contribution in [3.63, 3.8) is 0 Å². The van der Waals surface area contributed by atoms with Crippen molar-refractivity contribution in [2.45, 2.75) is 38.3 Å². The first-order valence-electron chi connectivity index (χ1n) is 7.02. The molecular formula is C14H18ClN3OS. The number of piperidine rings is 1. The summed E-state index contributed by atoms with van der Waals surface area (Å²) in [7, 11) is 0. The van der Waals surface area contributed by atoms with Crippen LogP contribution < -0.4 is 0 Å². The summed E-state index contributed by atoms with van der Waals surface area (Å²) in [4.78, 5) is 12.4. The van der Waals surface area contributed by atoms with Crippen molar-refractivity contribution in [3.05, 3.63) is 22.4 Å². The van der Waals surface area contributed by atoms with Gasteiger partial charge in [0.05, 0.1) is 6.54 Å². The van der Waals surface area contributed by atoms with Crippen LogP contribution in [0.25, 0.3) is 10.2 Å². The smallest absolute Gasteiger partial charge is 0.145 e. The maximum atomic E-state index is 9.18. The van der Waals surface area contributed by atoms with E-state index >= 15 is 0 Å². The standard InChI is InChI=1S/C14H18ClN3OS/c15-13-11-5-8-20-14(11)17-12(16-13)9-18-6-2-1-3-10(18)4-7-19/h5,8,10,19H,1-4,6-7,9H2. The molecule has 1 saturated heterocycles. The van der Waals surface area contributed by atoms with Crippen LogP contribution in [0, 0.1) is 0 Å². The summed E-state index contributed by atoms with van der Waals surface area (Å²) in [6.07, 6.45) is 4.42. The predicted octanol–water partition coefficient (Wildman–Crippen LogP) is 3.08. The van der Waals surface area contributed by atoms with E-state index in [-0.39, 0.29) is 6.61 Å². The van der Waals surface area contributed by atoms with Crippen LogP contribution in [0.4, 0.5) is 0 Å². The van der Waals surface area contributed by atoms with Gasteiger partial charge in [0.2, 0.25) is 0 Å². The molecule has 1 aliphatic rings. The Morgan fingerprint density at radius 2 is 2.30 bits per heavy atom. The third kappa shape index (κ3) is 2.96. The van der Waals surface area contributed by atoms with Gasteiger partial charge in [-0.15, -0.1) is 11.3 Å². The molecule has 0 amide bonds. The highest BCUT2D eigenvalue weighted by Gasteiger charge is 2.23. The minimum atomic E-state index is 0.243. The molecule has 1 N–H and O–H groups in total. The van der Waals surface area contributed by atoms with Crippen molar-refractivity contribution in [2.24, 2.45) is 0 Å². The van der Waals surface area contributed by atoms with E-state index < -0.39 is 0 Å². The van der Waals surface area contributed by atoms with E-state index in [1.54, 1.807) is 11.3 Å². The van der Waals surface area contributed by atoms with Gasteiger partial charge in [0.15, 0.2) is 0 Å². The molecule has 0 radical (unpaired) electrons. The molecule has 3 rings (SSSR count). The van der Waals surface area contributed by atoms with Crippen molar-refractivity contribution in [1.29, 1.82) is 0 Å². The van der Waals surface area contributed by atoms with Crippen LogP contribution in [0.3, 0.4) is 0 Å². The second-order valence-electron chi connectivity index (χ2n) is 5.20. The number of nitrogens with zero attached hydrogens (tertiary/aromatic N) is 3. The van der Waals surface area contributed by atoms with E-state index in [9.17, 15) is 5.11 Å². The number of aliphatic hydroxyl groups excluding tert-OH is 1. The Morgan fingerprint density at radius 3 is 3.15 bits per heavy atom. The molecule has 0 bridgehead atoms. The van der Waals surface area contributed by atoms with Gasteiger partial charge < -0.3 is 5.11 Å². The zero-order valence-electron chi connectivity index (χ0n) is 11.3. The Bertz CT molecular complexity index is 587. The predicted molar refractivity (Wildman–Crippen MR) is 82.2 cm³/mol. The topological polar surface area (TPSA) is 49.2 Å². The summed E-state index contributed by atoms with van der Waals surface area (Å²) in [6, 6.07) is 2.40. The van der Waals surface area contributed by atoms with Crippen LogP contribution in [0.1, 0.15) is 31.5 Å². The number of halogens is 1. The summed E-state index contributed by atoms with van der Waals surface area (Å²) in [5, 5.41) is 12.7. The molecule has 2 aromatic heterocycles. The Balaban J connectivity index is 1.80. The van der Waals surface area contributed by atoms with Gasteiger partial charge in [0.1, 0.15) is 15.8 Å². The number of likely N-dealkylation sites (tertiary alicyclic amines) is 1. The molecule has 0 spiro atoms. The second-order valence-corrected chi connectivity index (χ2v) is 6.46. The van der Waals surface area contributed by atoms with Crippen molar-refractivity contribution >= 4 is 33.2 Å². The maximum Gasteiger partial charge on any atom is 0.145 e. The maximum absolute atomic E-state index is 9.18. The van der Waals surface area contributed by atoms with Crippen molar-refractivity contribution in [2.75, 3.05) is 13.2 Å². The number of hydrogen-bond donors (Lipinski definition) is 1. The fraction of sp³-hybridized carbons (Fsp3) is 0.571. The monoisotopic (exact) mass is 311 g/mol.